The van der Waals surface area contributed by atoms with Crippen molar-refractivity contribution in [2.24, 2.45) is 0 Å². The molecule has 1 unspecified atom stereocenters. The third kappa shape index (κ3) is 17.3. The molecule has 0 spiro atoms. The number of hydrogen-bond donors (Lipinski definition) is 1. The minimum Gasteiger partial charge on any atom is -0.478 e. The first-order valence-corrected chi connectivity index (χ1v) is 21.7. The van der Waals surface area contributed by atoms with E-state index in [-0.39, 0.29) is 6.10 Å². The van der Waals surface area contributed by atoms with E-state index >= 15 is 0 Å². The topological polar surface area (TPSA) is 46.5 Å². The molecular formula is C49H74O3. The van der Waals surface area contributed by atoms with Crippen LogP contribution in [0.5, 0.6) is 0 Å². The first-order valence-electron chi connectivity index (χ1n) is 21.7. The molecule has 0 radical (unpaired) electrons. The lowest BCUT2D eigenvalue weighted by Crippen LogP contribution is -2.02. The molecular weight excluding hydrogens is 637 g/mol. The molecule has 0 bridgehead atoms. The molecule has 1 atom stereocenters. The molecule has 1 N–H and O–H groups in total. The Bertz CT molecular complexity index is 1340. The number of aryl methyl sites for hydroxylation is 1. The van der Waals surface area contributed by atoms with Crippen LogP contribution >= 0.6 is 0 Å². The molecule has 0 aliphatic rings. The van der Waals surface area contributed by atoms with E-state index in [4.69, 9.17) is 4.74 Å². The maximum atomic E-state index is 12.4. The summed E-state index contributed by atoms with van der Waals surface area (Å²) in [7, 11) is 0. The second kappa shape index (κ2) is 27.7. The summed E-state index contributed by atoms with van der Waals surface area (Å²) < 4.78 is 6.22. The normalized spacial score (nSPS) is 12.0. The summed E-state index contributed by atoms with van der Waals surface area (Å²) in [6.45, 7) is 7.51. The molecule has 3 nitrogen and oxygen atoms in total. The number of rotatable bonds is 31. The van der Waals surface area contributed by atoms with Gasteiger partial charge in [-0.3, -0.25) is 0 Å². The summed E-state index contributed by atoms with van der Waals surface area (Å²) in [4.78, 5) is 12.4. The predicted molar refractivity (Wildman–Crippen MR) is 225 cm³/mol. The van der Waals surface area contributed by atoms with E-state index in [2.05, 4.69) is 69.3 Å². The highest BCUT2D eigenvalue weighted by Crippen LogP contribution is 2.33. The molecule has 0 amide bonds. The molecule has 0 aliphatic heterocycles. The zero-order valence-electron chi connectivity index (χ0n) is 33.6. The van der Waals surface area contributed by atoms with E-state index in [0.29, 0.717) is 5.56 Å². The van der Waals surface area contributed by atoms with Gasteiger partial charge in [0.2, 0.25) is 0 Å². The van der Waals surface area contributed by atoms with Gasteiger partial charge >= 0.3 is 5.97 Å². The molecule has 3 aromatic carbocycles. The van der Waals surface area contributed by atoms with Crippen LogP contribution in [0.25, 0.3) is 22.3 Å². The second-order valence-corrected chi connectivity index (χ2v) is 15.4. The summed E-state index contributed by atoms with van der Waals surface area (Å²) >= 11 is 0. The summed E-state index contributed by atoms with van der Waals surface area (Å²) in [5.41, 5.74) is 6.76. The fraction of sp³-hybridized carbons (Fsp3) is 0.612. The van der Waals surface area contributed by atoms with Gasteiger partial charge in [0.05, 0.1) is 11.7 Å². The standard InChI is InChI=1S/C49H74O3/c1-4-6-8-10-12-14-16-17-18-19-21-23-25-29-39-52-41(3)42-33-35-43(36-34-42)45-37-38-47(49(50)51)48(40-45)46-32-28-27-31-44(46)30-26-24-22-20-15-13-11-9-7-5-2/h27-28,31-38,40-41H,4-26,29-30,39H2,1-3H3,(H,50,51). The average Bonchev–Trinajstić information content (AvgIpc) is 3.17. The number of ether oxygens (including phenoxy) is 1. The van der Waals surface area contributed by atoms with Gasteiger partial charge < -0.3 is 9.84 Å². The second-order valence-electron chi connectivity index (χ2n) is 15.4. The monoisotopic (exact) mass is 711 g/mol. The van der Waals surface area contributed by atoms with Gasteiger partial charge in [0.25, 0.3) is 0 Å². The molecule has 52 heavy (non-hydrogen) atoms. The van der Waals surface area contributed by atoms with Crippen molar-refractivity contribution < 1.29 is 14.6 Å². The molecule has 0 heterocycles. The Hall–Kier alpha value is -2.91. The zero-order valence-corrected chi connectivity index (χ0v) is 33.6. The Labute approximate surface area is 319 Å². The highest BCUT2D eigenvalue weighted by molar-refractivity contribution is 5.97. The van der Waals surface area contributed by atoms with Gasteiger partial charge in [-0.2, -0.15) is 0 Å². The Morgan fingerprint density at radius 1 is 0.538 bits per heavy atom. The molecule has 3 aromatic rings. The van der Waals surface area contributed by atoms with Crippen molar-refractivity contribution in [2.75, 3.05) is 6.61 Å². The fourth-order valence-corrected chi connectivity index (χ4v) is 7.54. The Morgan fingerprint density at radius 3 is 1.52 bits per heavy atom. The Balaban J connectivity index is 1.43. The maximum absolute atomic E-state index is 12.4. The largest absolute Gasteiger partial charge is 0.478 e. The number of carboxylic acids is 1. The van der Waals surface area contributed by atoms with Gasteiger partial charge in [0, 0.05) is 6.61 Å². The van der Waals surface area contributed by atoms with Crippen LogP contribution in [-0.2, 0) is 11.2 Å². The van der Waals surface area contributed by atoms with Crippen LogP contribution in [0.3, 0.4) is 0 Å². The predicted octanol–water partition coefficient (Wildman–Crippen LogP) is 15.7. The van der Waals surface area contributed by atoms with Gasteiger partial charge in [-0.05, 0) is 71.7 Å². The van der Waals surface area contributed by atoms with E-state index in [1.54, 1.807) is 6.07 Å². The Kier molecular flexibility index (Phi) is 23.1. The average molecular weight is 711 g/mol. The first kappa shape index (κ1) is 43.5. The van der Waals surface area contributed by atoms with E-state index < -0.39 is 5.97 Å². The van der Waals surface area contributed by atoms with Crippen LogP contribution in [0.4, 0.5) is 0 Å². The molecule has 0 aliphatic carbocycles. The van der Waals surface area contributed by atoms with Crippen molar-refractivity contribution >= 4 is 5.97 Å². The van der Waals surface area contributed by atoms with Crippen molar-refractivity contribution in [1.29, 1.82) is 0 Å². The molecule has 0 saturated carbocycles. The molecule has 3 heteroatoms. The SMILES string of the molecule is CCCCCCCCCCCCCCCCOC(C)c1ccc(-c2ccc(C(=O)O)c(-c3ccccc3CCCCCCCCCCCC)c2)cc1. The first-order chi connectivity index (χ1) is 25.5. The molecule has 3 rings (SSSR count). The minimum atomic E-state index is -0.879. The van der Waals surface area contributed by atoms with Crippen molar-refractivity contribution in [3.8, 4) is 22.3 Å². The number of carbonyl (C=O) groups is 1. The van der Waals surface area contributed by atoms with Crippen LogP contribution in [0.15, 0.2) is 66.7 Å². The van der Waals surface area contributed by atoms with Crippen molar-refractivity contribution in [3.63, 3.8) is 0 Å². The van der Waals surface area contributed by atoms with Crippen molar-refractivity contribution in [1.82, 2.24) is 0 Å². The molecule has 0 fully saturated rings. The number of aromatic carboxylic acids is 1. The van der Waals surface area contributed by atoms with Crippen LogP contribution in [0.1, 0.15) is 202 Å². The van der Waals surface area contributed by atoms with E-state index in [9.17, 15) is 9.90 Å². The van der Waals surface area contributed by atoms with Crippen molar-refractivity contribution in [3.05, 3.63) is 83.4 Å². The van der Waals surface area contributed by atoms with Crippen LogP contribution < -0.4 is 0 Å². The quantitative estimate of drug-likeness (QED) is 0.0676. The number of carboxylic acid groups (broad SMARTS) is 1. The van der Waals surface area contributed by atoms with Crippen molar-refractivity contribution in [2.45, 2.75) is 187 Å². The summed E-state index contributed by atoms with van der Waals surface area (Å²) in [6, 6.07) is 22.8. The van der Waals surface area contributed by atoms with Gasteiger partial charge in [0.15, 0.2) is 0 Å². The van der Waals surface area contributed by atoms with Gasteiger partial charge in [-0.15, -0.1) is 0 Å². The van der Waals surface area contributed by atoms with Gasteiger partial charge in [0.1, 0.15) is 0 Å². The van der Waals surface area contributed by atoms with Gasteiger partial charge in [-0.25, -0.2) is 4.79 Å². The number of hydrogen-bond acceptors (Lipinski definition) is 2. The smallest absolute Gasteiger partial charge is 0.336 e. The van der Waals surface area contributed by atoms with E-state index in [1.165, 1.54) is 152 Å². The summed E-state index contributed by atoms with van der Waals surface area (Å²) in [5.74, 6) is -0.879. The lowest BCUT2D eigenvalue weighted by atomic mass is 9.90. The van der Waals surface area contributed by atoms with Crippen LogP contribution in [0.2, 0.25) is 0 Å². The van der Waals surface area contributed by atoms with Crippen LogP contribution in [0, 0.1) is 0 Å². The third-order valence-electron chi connectivity index (χ3n) is 10.9. The fourth-order valence-electron chi connectivity index (χ4n) is 7.54. The molecule has 0 saturated heterocycles. The van der Waals surface area contributed by atoms with Crippen LogP contribution in [-0.4, -0.2) is 17.7 Å². The lowest BCUT2D eigenvalue weighted by Gasteiger charge is -2.16. The van der Waals surface area contributed by atoms with Gasteiger partial charge in [-0.1, -0.05) is 210 Å². The van der Waals surface area contributed by atoms with E-state index in [0.717, 1.165) is 48.1 Å². The zero-order chi connectivity index (χ0) is 37.1. The van der Waals surface area contributed by atoms with E-state index in [1.807, 2.05) is 12.1 Å². The molecule has 288 valence electrons. The lowest BCUT2D eigenvalue weighted by molar-refractivity contribution is 0.0627. The Morgan fingerprint density at radius 2 is 1.00 bits per heavy atom. The molecule has 0 aromatic heterocycles. The maximum Gasteiger partial charge on any atom is 0.336 e. The highest BCUT2D eigenvalue weighted by Gasteiger charge is 2.16. The highest BCUT2D eigenvalue weighted by atomic mass is 16.5. The summed E-state index contributed by atoms with van der Waals surface area (Å²) in [5, 5.41) is 10.1. The summed E-state index contributed by atoms with van der Waals surface area (Å²) in [6.07, 6.45) is 33.3. The minimum absolute atomic E-state index is 0.0543. The number of unbranched alkanes of at least 4 members (excludes halogenated alkanes) is 22. The third-order valence-corrected chi connectivity index (χ3v) is 10.9. The number of benzene rings is 3.